The zero-order valence-electron chi connectivity index (χ0n) is 9.99. The second-order valence-corrected chi connectivity index (χ2v) is 4.01. The molecule has 0 atom stereocenters. The smallest absolute Gasteiger partial charge is 0.357 e. The van der Waals surface area contributed by atoms with Gasteiger partial charge in [0.05, 0.1) is 20.3 Å². The normalized spacial score (nSPS) is 22.2. The molecule has 2 heterocycles. The van der Waals surface area contributed by atoms with E-state index >= 15 is 0 Å². The number of carbonyl (C=O) groups excluding carboxylic acids is 1. The van der Waals surface area contributed by atoms with Crippen LogP contribution in [0.3, 0.4) is 0 Å². The van der Waals surface area contributed by atoms with Gasteiger partial charge in [0.25, 0.3) is 0 Å². The second kappa shape index (κ2) is 4.91. The van der Waals surface area contributed by atoms with Crippen molar-refractivity contribution in [1.29, 1.82) is 0 Å². The summed E-state index contributed by atoms with van der Waals surface area (Å²) in [5.41, 5.74) is 6.04. The first-order chi connectivity index (χ1) is 8.14. The summed E-state index contributed by atoms with van der Waals surface area (Å²) in [4.78, 5) is 11.4. The van der Waals surface area contributed by atoms with Crippen molar-refractivity contribution in [3.63, 3.8) is 0 Å². The van der Waals surface area contributed by atoms with Gasteiger partial charge in [-0.3, -0.25) is 5.01 Å². The number of methoxy groups -OCH3 is 1. The summed E-state index contributed by atoms with van der Waals surface area (Å²) in [6.07, 6.45) is 2.21. The fraction of sp³-hybridized carbons (Fsp3) is 0.700. The zero-order valence-corrected chi connectivity index (χ0v) is 9.99. The first-order valence-corrected chi connectivity index (χ1v) is 5.50. The number of nitrogens with zero attached hydrogens (tertiary/aromatic N) is 1. The van der Waals surface area contributed by atoms with Crippen LogP contribution in [0.25, 0.3) is 0 Å². The quantitative estimate of drug-likeness (QED) is 0.644. The van der Waals surface area contributed by atoms with Gasteiger partial charge in [0.15, 0.2) is 11.5 Å². The van der Waals surface area contributed by atoms with E-state index in [2.05, 4.69) is 15.7 Å². The van der Waals surface area contributed by atoms with Crippen LogP contribution in [0.15, 0.2) is 11.9 Å². The molecule has 1 saturated heterocycles. The average Bonchev–Trinajstić information content (AvgIpc) is 2.94. The van der Waals surface area contributed by atoms with Crippen molar-refractivity contribution in [2.24, 2.45) is 0 Å². The van der Waals surface area contributed by atoms with Crippen LogP contribution in [0.1, 0.15) is 13.3 Å². The van der Waals surface area contributed by atoms with Crippen LogP contribution < -0.4 is 11.0 Å². The van der Waals surface area contributed by atoms with Gasteiger partial charge in [0, 0.05) is 19.2 Å². The van der Waals surface area contributed by atoms with Gasteiger partial charge in [-0.1, -0.05) is 0 Å². The maximum absolute atomic E-state index is 11.4. The van der Waals surface area contributed by atoms with Crippen LogP contribution in [0.5, 0.6) is 0 Å². The van der Waals surface area contributed by atoms with Crippen molar-refractivity contribution in [3.8, 4) is 0 Å². The molecule has 2 aliphatic rings. The summed E-state index contributed by atoms with van der Waals surface area (Å²) >= 11 is 0. The van der Waals surface area contributed by atoms with Crippen LogP contribution in [0, 0.1) is 0 Å². The van der Waals surface area contributed by atoms with Gasteiger partial charge in [-0.25, -0.2) is 4.79 Å². The predicted octanol–water partition coefficient (Wildman–Crippen LogP) is -0.521. The van der Waals surface area contributed by atoms with Crippen molar-refractivity contribution in [2.75, 3.05) is 26.9 Å². The molecule has 0 aromatic heterocycles. The molecule has 1 fully saturated rings. The number of carbonyl (C=O) groups is 1. The molecule has 0 radical (unpaired) electrons. The van der Waals surface area contributed by atoms with E-state index in [0.29, 0.717) is 31.9 Å². The Labute approximate surface area is 99.6 Å². The molecule has 0 spiro atoms. The highest BCUT2D eigenvalue weighted by atomic mass is 16.7. The standard InChI is InChI=1S/C10H17N3O4/c1-10(16-5-6-17-10)3-4-13-8(7-11-12-13)9(14)15-2/h7,11-12H,3-6H2,1-2H3. The Balaban J connectivity index is 1.87. The third-order valence-electron chi connectivity index (χ3n) is 2.78. The highest BCUT2D eigenvalue weighted by Gasteiger charge is 2.32. The van der Waals surface area contributed by atoms with Crippen LogP contribution in [0.2, 0.25) is 0 Å². The second-order valence-electron chi connectivity index (χ2n) is 4.01. The van der Waals surface area contributed by atoms with Gasteiger partial charge >= 0.3 is 5.97 Å². The summed E-state index contributed by atoms with van der Waals surface area (Å²) in [5, 5.41) is 1.67. The highest BCUT2D eigenvalue weighted by Crippen LogP contribution is 2.23. The van der Waals surface area contributed by atoms with Crippen LogP contribution in [-0.4, -0.2) is 43.6 Å². The molecule has 0 saturated carbocycles. The number of hydrogen-bond donors (Lipinski definition) is 2. The largest absolute Gasteiger partial charge is 0.464 e. The first kappa shape index (κ1) is 12.2. The fourth-order valence-electron chi connectivity index (χ4n) is 1.78. The number of hydrogen-bond acceptors (Lipinski definition) is 7. The van der Waals surface area contributed by atoms with E-state index in [1.807, 2.05) is 6.92 Å². The lowest BCUT2D eigenvalue weighted by Gasteiger charge is -2.26. The van der Waals surface area contributed by atoms with Crippen LogP contribution in [-0.2, 0) is 19.0 Å². The first-order valence-electron chi connectivity index (χ1n) is 5.50. The minimum Gasteiger partial charge on any atom is -0.464 e. The molecule has 17 heavy (non-hydrogen) atoms. The number of hydrazine groups is 2. The number of ether oxygens (including phenoxy) is 3. The van der Waals surface area contributed by atoms with Crippen molar-refractivity contribution < 1.29 is 19.0 Å². The molecule has 96 valence electrons. The lowest BCUT2D eigenvalue weighted by atomic mass is 10.2. The van der Waals surface area contributed by atoms with Gasteiger partial charge in [-0.2, -0.15) is 0 Å². The number of rotatable bonds is 4. The van der Waals surface area contributed by atoms with Crippen molar-refractivity contribution in [3.05, 3.63) is 11.9 Å². The highest BCUT2D eigenvalue weighted by molar-refractivity contribution is 5.87. The van der Waals surface area contributed by atoms with E-state index < -0.39 is 5.79 Å². The van der Waals surface area contributed by atoms with Crippen molar-refractivity contribution in [1.82, 2.24) is 16.0 Å². The van der Waals surface area contributed by atoms with Gasteiger partial charge in [0.1, 0.15) is 0 Å². The monoisotopic (exact) mass is 243 g/mol. The fourth-order valence-corrected chi connectivity index (χ4v) is 1.78. The molecule has 0 aliphatic carbocycles. The van der Waals surface area contributed by atoms with Crippen molar-refractivity contribution >= 4 is 5.97 Å². The molecule has 0 aromatic carbocycles. The minimum absolute atomic E-state index is 0.388. The molecule has 0 unspecified atom stereocenters. The Bertz CT molecular complexity index is 326. The summed E-state index contributed by atoms with van der Waals surface area (Å²) < 4.78 is 15.6. The van der Waals surface area contributed by atoms with Crippen LogP contribution in [0.4, 0.5) is 0 Å². The van der Waals surface area contributed by atoms with Gasteiger partial charge in [-0.15, -0.1) is 5.53 Å². The van der Waals surface area contributed by atoms with E-state index in [0.717, 1.165) is 0 Å². The van der Waals surface area contributed by atoms with Gasteiger partial charge in [-0.05, 0) is 6.92 Å². The minimum atomic E-state index is -0.564. The topological polar surface area (TPSA) is 72.1 Å². The third-order valence-corrected chi connectivity index (χ3v) is 2.78. The lowest BCUT2D eigenvalue weighted by molar-refractivity contribution is -0.151. The average molecular weight is 243 g/mol. The maximum atomic E-state index is 11.4. The predicted molar refractivity (Wildman–Crippen MR) is 58.0 cm³/mol. The Hall–Kier alpha value is -1.31. The van der Waals surface area contributed by atoms with E-state index in [-0.39, 0.29) is 5.97 Å². The Morgan fingerprint density at radius 1 is 1.59 bits per heavy atom. The number of nitrogens with one attached hydrogen (secondary N) is 2. The Kier molecular flexibility index (Phi) is 3.51. The zero-order chi connectivity index (χ0) is 12.3. The third kappa shape index (κ3) is 2.68. The summed E-state index contributed by atoms with van der Waals surface area (Å²) in [6.45, 7) is 3.69. The van der Waals surface area contributed by atoms with Gasteiger partial charge in [0.2, 0.25) is 0 Å². The molecule has 0 amide bonds. The molecular formula is C10H17N3O4. The van der Waals surface area contributed by atoms with E-state index in [9.17, 15) is 4.79 Å². The van der Waals surface area contributed by atoms with E-state index in [1.54, 1.807) is 11.2 Å². The maximum Gasteiger partial charge on any atom is 0.357 e. The Morgan fingerprint density at radius 3 is 2.94 bits per heavy atom. The molecule has 7 nitrogen and oxygen atoms in total. The Morgan fingerprint density at radius 2 is 2.29 bits per heavy atom. The SMILES string of the molecule is COC(=O)C1=CNNN1CCC1(C)OCCO1. The number of esters is 1. The lowest BCUT2D eigenvalue weighted by Crippen LogP contribution is -2.42. The van der Waals surface area contributed by atoms with E-state index in [4.69, 9.17) is 9.47 Å². The van der Waals surface area contributed by atoms with Gasteiger partial charge < -0.3 is 19.6 Å². The molecule has 2 aliphatic heterocycles. The van der Waals surface area contributed by atoms with E-state index in [1.165, 1.54) is 7.11 Å². The summed E-state index contributed by atoms with van der Waals surface area (Å²) in [6, 6.07) is 0. The van der Waals surface area contributed by atoms with Crippen LogP contribution >= 0.6 is 0 Å². The molecule has 0 bridgehead atoms. The molecule has 2 N–H and O–H groups in total. The molecule has 2 rings (SSSR count). The molecule has 0 aromatic rings. The summed E-state index contributed by atoms with van der Waals surface area (Å²) in [7, 11) is 1.35. The molecule has 7 heteroatoms. The van der Waals surface area contributed by atoms with Crippen molar-refractivity contribution in [2.45, 2.75) is 19.1 Å². The molecular weight excluding hydrogens is 226 g/mol. The summed E-state index contributed by atoms with van der Waals surface area (Å²) in [5.74, 6) is -0.952.